The maximum Gasteiger partial charge on any atom is 0.142 e. The van der Waals surface area contributed by atoms with E-state index in [1.165, 1.54) is 0 Å². The second-order valence-corrected chi connectivity index (χ2v) is 5.70. The number of hydrogen-bond acceptors (Lipinski definition) is 3. The summed E-state index contributed by atoms with van der Waals surface area (Å²) in [5.74, 6) is 0.645. The van der Waals surface area contributed by atoms with Crippen molar-refractivity contribution >= 4 is 27.5 Å². The molecule has 100 valence electrons. The fraction of sp³-hybridized carbons (Fsp3) is 0.214. The van der Waals surface area contributed by atoms with Gasteiger partial charge in [-0.3, -0.25) is 4.98 Å². The standard InChI is InChI=1S/C14H14BrClN2O/c1-14(17,10-6-5-9(15)8-11(10)16)13-12(19-2)4-3-7-18-13/h3-8H,17H2,1-2H3. The Morgan fingerprint density at radius 3 is 2.74 bits per heavy atom. The van der Waals surface area contributed by atoms with Gasteiger partial charge >= 0.3 is 0 Å². The minimum Gasteiger partial charge on any atom is -0.495 e. The summed E-state index contributed by atoms with van der Waals surface area (Å²) in [6.45, 7) is 1.87. The van der Waals surface area contributed by atoms with Gasteiger partial charge in [0.2, 0.25) is 0 Å². The molecule has 2 aromatic rings. The van der Waals surface area contributed by atoms with E-state index >= 15 is 0 Å². The minimum absolute atomic E-state index is 0.590. The van der Waals surface area contributed by atoms with E-state index in [-0.39, 0.29) is 0 Å². The molecule has 19 heavy (non-hydrogen) atoms. The fourth-order valence-corrected chi connectivity index (χ4v) is 2.85. The van der Waals surface area contributed by atoms with Crippen molar-refractivity contribution in [3.05, 3.63) is 57.3 Å². The number of methoxy groups -OCH3 is 1. The van der Waals surface area contributed by atoms with Crippen LogP contribution in [0.25, 0.3) is 0 Å². The lowest BCUT2D eigenvalue weighted by Gasteiger charge is -2.27. The molecule has 1 atom stereocenters. The van der Waals surface area contributed by atoms with E-state index in [4.69, 9.17) is 22.1 Å². The molecule has 3 nitrogen and oxygen atoms in total. The van der Waals surface area contributed by atoms with Crippen molar-refractivity contribution < 1.29 is 4.74 Å². The van der Waals surface area contributed by atoms with E-state index in [1.807, 2.05) is 37.3 Å². The summed E-state index contributed by atoms with van der Waals surface area (Å²) < 4.78 is 6.23. The van der Waals surface area contributed by atoms with E-state index in [2.05, 4.69) is 20.9 Å². The Hall–Kier alpha value is -1.10. The van der Waals surface area contributed by atoms with E-state index < -0.39 is 5.54 Å². The van der Waals surface area contributed by atoms with Crippen LogP contribution in [0.2, 0.25) is 5.02 Å². The van der Waals surface area contributed by atoms with Crippen molar-refractivity contribution in [1.29, 1.82) is 0 Å². The number of benzene rings is 1. The average Bonchev–Trinajstić information content (AvgIpc) is 2.38. The van der Waals surface area contributed by atoms with Crippen LogP contribution in [-0.2, 0) is 5.54 Å². The molecule has 2 N–H and O–H groups in total. The van der Waals surface area contributed by atoms with Crippen molar-refractivity contribution in [3.8, 4) is 5.75 Å². The van der Waals surface area contributed by atoms with E-state index in [0.29, 0.717) is 16.5 Å². The molecule has 0 saturated heterocycles. The Balaban J connectivity index is 2.58. The van der Waals surface area contributed by atoms with Crippen LogP contribution in [0.5, 0.6) is 5.75 Å². The van der Waals surface area contributed by atoms with Crippen molar-refractivity contribution in [2.45, 2.75) is 12.5 Å². The van der Waals surface area contributed by atoms with Gasteiger partial charge in [-0.2, -0.15) is 0 Å². The molecular weight excluding hydrogens is 328 g/mol. The summed E-state index contributed by atoms with van der Waals surface area (Å²) in [4.78, 5) is 4.34. The average molecular weight is 342 g/mol. The molecule has 0 fully saturated rings. The SMILES string of the molecule is COc1cccnc1C(C)(N)c1ccc(Br)cc1Cl. The maximum absolute atomic E-state index is 6.44. The van der Waals surface area contributed by atoms with Crippen LogP contribution in [0.15, 0.2) is 41.0 Å². The first-order valence-corrected chi connectivity index (χ1v) is 6.88. The Kier molecular flexibility index (Phi) is 4.13. The van der Waals surface area contributed by atoms with Gasteiger partial charge in [0.15, 0.2) is 0 Å². The first kappa shape index (κ1) is 14.3. The zero-order valence-corrected chi connectivity index (χ0v) is 13.0. The number of pyridine rings is 1. The second kappa shape index (κ2) is 5.49. The highest BCUT2D eigenvalue weighted by molar-refractivity contribution is 9.10. The van der Waals surface area contributed by atoms with Crippen LogP contribution in [0.3, 0.4) is 0 Å². The molecule has 1 heterocycles. The van der Waals surface area contributed by atoms with Crippen LogP contribution in [-0.4, -0.2) is 12.1 Å². The van der Waals surface area contributed by atoms with Crippen molar-refractivity contribution in [2.24, 2.45) is 5.73 Å². The van der Waals surface area contributed by atoms with Gasteiger partial charge in [0, 0.05) is 15.7 Å². The number of halogens is 2. The van der Waals surface area contributed by atoms with Gasteiger partial charge in [-0.15, -0.1) is 0 Å². The topological polar surface area (TPSA) is 48.1 Å². The summed E-state index contributed by atoms with van der Waals surface area (Å²) in [6, 6.07) is 9.25. The van der Waals surface area contributed by atoms with Crippen LogP contribution in [0.4, 0.5) is 0 Å². The lowest BCUT2D eigenvalue weighted by molar-refractivity contribution is 0.393. The third-order valence-electron chi connectivity index (χ3n) is 2.97. The largest absolute Gasteiger partial charge is 0.495 e. The molecule has 0 bridgehead atoms. The predicted octanol–water partition coefficient (Wildman–Crippen LogP) is 3.73. The third kappa shape index (κ3) is 2.76. The number of aromatic nitrogens is 1. The fourth-order valence-electron chi connectivity index (χ4n) is 1.98. The highest BCUT2D eigenvalue weighted by Gasteiger charge is 2.30. The van der Waals surface area contributed by atoms with Crippen molar-refractivity contribution in [1.82, 2.24) is 4.98 Å². The molecule has 0 aliphatic rings. The van der Waals surface area contributed by atoms with E-state index in [9.17, 15) is 0 Å². The number of nitrogens with zero attached hydrogens (tertiary/aromatic N) is 1. The molecule has 0 spiro atoms. The number of nitrogens with two attached hydrogens (primary N) is 1. The first-order chi connectivity index (χ1) is 8.96. The minimum atomic E-state index is -0.829. The zero-order valence-electron chi connectivity index (χ0n) is 10.7. The summed E-state index contributed by atoms with van der Waals surface area (Å²) in [6.07, 6.45) is 1.69. The number of hydrogen-bond donors (Lipinski definition) is 1. The second-order valence-electron chi connectivity index (χ2n) is 4.38. The molecule has 0 amide bonds. The third-order valence-corrected chi connectivity index (χ3v) is 3.78. The molecular formula is C14H14BrClN2O. The quantitative estimate of drug-likeness (QED) is 0.925. The summed E-state index contributed by atoms with van der Waals surface area (Å²) in [5, 5.41) is 0.590. The molecule has 0 saturated carbocycles. The molecule has 0 aliphatic carbocycles. The van der Waals surface area contributed by atoms with Crippen LogP contribution >= 0.6 is 27.5 Å². The highest BCUT2D eigenvalue weighted by atomic mass is 79.9. The van der Waals surface area contributed by atoms with E-state index in [0.717, 1.165) is 10.0 Å². The molecule has 2 rings (SSSR count). The highest BCUT2D eigenvalue weighted by Crippen LogP contribution is 2.36. The van der Waals surface area contributed by atoms with Gasteiger partial charge < -0.3 is 10.5 Å². The summed E-state index contributed by atoms with van der Waals surface area (Å²) in [5.41, 5.74) is 7.07. The summed E-state index contributed by atoms with van der Waals surface area (Å²) in [7, 11) is 1.60. The van der Waals surface area contributed by atoms with E-state index in [1.54, 1.807) is 13.3 Å². The smallest absolute Gasteiger partial charge is 0.142 e. The lowest BCUT2D eigenvalue weighted by Crippen LogP contribution is -2.36. The van der Waals surface area contributed by atoms with Crippen LogP contribution in [0, 0.1) is 0 Å². The number of ether oxygens (including phenoxy) is 1. The molecule has 1 unspecified atom stereocenters. The molecule has 0 aliphatic heterocycles. The Labute approximate surface area is 125 Å². The van der Waals surface area contributed by atoms with Gasteiger partial charge in [0.1, 0.15) is 11.4 Å². The van der Waals surface area contributed by atoms with Gasteiger partial charge in [-0.1, -0.05) is 33.6 Å². The van der Waals surface area contributed by atoms with Crippen molar-refractivity contribution in [2.75, 3.05) is 7.11 Å². The van der Waals surface area contributed by atoms with Gasteiger partial charge in [0.25, 0.3) is 0 Å². The Morgan fingerprint density at radius 1 is 1.37 bits per heavy atom. The predicted molar refractivity (Wildman–Crippen MR) is 80.6 cm³/mol. The van der Waals surface area contributed by atoms with Gasteiger partial charge in [-0.05, 0) is 36.8 Å². The molecule has 1 aromatic carbocycles. The maximum atomic E-state index is 6.44. The Bertz CT molecular complexity index is 602. The molecule has 1 aromatic heterocycles. The first-order valence-electron chi connectivity index (χ1n) is 5.70. The lowest BCUT2D eigenvalue weighted by atomic mass is 9.88. The normalized spacial score (nSPS) is 13.9. The molecule has 5 heteroatoms. The summed E-state index contributed by atoms with van der Waals surface area (Å²) >= 11 is 9.66. The van der Waals surface area contributed by atoms with Gasteiger partial charge in [-0.25, -0.2) is 0 Å². The van der Waals surface area contributed by atoms with Crippen molar-refractivity contribution in [3.63, 3.8) is 0 Å². The molecule has 0 radical (unpaired) electrons. The zero-order chi connectivity index (χ0) is 14.0. The van der Waals surface area contributed by atoms with Crippen LogP contribution < -0.4 is 10.5 Å². The van der Waals surface area contributed by atoms with Gasteiger partial charge in [0.05, 0.1) is 12.6 Å². The van der Waals surface area contributed by atoms with Crippen LogP contribution in [0.1, 0.15) is 18.2 Å². The number of rotatable bonds is 3. The monoisotopic (exact) mass is 340 g/mol. The Morgan fingerprint density at radius 2 is 2.11 bits per heavy atom.